The third-order valence-corrected chi connectivity index (χ3v) is 6.25. The van der Waals surface area contributed by atoms with E-state index in [-0.39, 0.29) is 24.1 Å². The highest BCUT2D eigenvalue weighted by molar-refractivity contribution is 6.05. The van der Waals surface area contributed by atoms with E-state index < -0.39 is 6.04 Å². The van der Waals surface area contributed by atoms with Crippen molar-refractivity contribution in [2.45, 2.75) is 44.9 Å². The van der Waals surface area contributed by atoms with Gasteiger partial charge in [-0.1, -0.05) is 18.2 Å². The van der Waals surface area contributed by atoms with E-state index in [2.05, 4.69) is 34.1 Å². The normalized spacial score (nSPS) is 20.6. The van der Waals surface area contributed by atoms with Crippen LogP contribution in [0.5, 0.6) is 0 Å². The molecule has 1 unspecified atom stereocenters. The smallest absolute Gasteiger partial charge is 0.255 e. The summed E-state index contributed by atoms with van der Waals surface area (Å²) in [7, 11) is 0. The Morgan fingerprint density at radius 3 is 2.83 bits per heavy atom. The number of imide groups is 1. The van der Waals surface area contributed by atoms with Gasteiger partial charge in [0.2, 0.25) is 11.8 Å². The van der Waals surface area contributed by atoms with E-state index in [1.54, 1.807) is 4.90 Å². The Balaban J connectivity index is 1.33. The van der Waals surface area contributed by atoms with Crippen LogP contribution in [-0.2, 0) is 35.6 Å². The fraction of sp³-hybridized carbons (Fsp3) is 0.348. The van der Waals surface area contributed by atoms with Gasteiger partial charge in [-0.25, -0.2) is 0 Å². The zero-order valence-corrected chi connectivity index (χ0v) is 16.7. The van der Waals surface area contributed by atoms with Gasteiger partial charge >= 0.3 is 0 Å². The molecule has 1 fully saturated rings. The zero-order chi connectivity index (χ0) is 20.7. The van der Waals surface area contributed by atoms with Crippen molar-refractivity contribution >= 4 is 23.4 Å². The summed E-state index contributed by atoms with van der Waals surface area (Å²) in [6, 6.07) is 11.6. The van der Waals surface area contributed by atoms with Crippen molar-refractivity contribution in [2.75, 3.05) is 11.9 Å². The van der Waals surface area contributed by atoms with Crippen LogP contribution in [-0.4, -0.2) is 35.2 Å². The molecular weight excluding hydrogens is 380 g/mol. The van der Waals surface area contributed by atoms with Crippen LogP contribution in [0.25, 0.3) is 0 Å². The Hall–Kier alpha value is -3.19. The molecule has 0 aromatic heterocycles. The van der Waals surface area contributed by atoms with Crippen LogP contribution in [0.3, 0.4) is 0 Å². The number of anilines is 1. The number of carbonyl (C=O) groups is 3. The van der Waals surface area contributed by atoms with Crippen LogP contribution in [0.4, 0.5) is 5.69 Å². The van der Waals surface area contributed by atoms with Gasteiger partial charge < -0.3 is 15.5 Å². The lowest BCUT2D eigenvalue weighted by molar-refractivity contribution is -0.136. The van der Waals surface area contributed by atoms with Crippen molar-refractivity contribution in [3.63, 3.8) is 0 Å². The van der Waals surface area contributed by atoms with Crippen LogP contribution in [0, 0.1) is 0 Å². The second-order valence-corrected chi connectivity index (χ2v) is 8.11. The van der Waals surface area contributed by atoms with E-state index in [0.717, 1.165) is 36.3 Å². The molecule has 2 aromatic rings. The molecule has 7 heteroatoms. The molecule has 30 heavy (non-hydrogen) atoms. The van der Waals surface area contributed by atoms with Crippen LogP contribution in [0.15, 0.2) is 36.4 Å². The minimum atomic E-state index is -0.587. The number of nitrogens with zero attached hydrogens (tertiary/aromatic N) is 1. The SMILES string of the molecule is O=C1CCC(N2Cc3c(CNc4ccc5c(c4)CNCC5)cccc3C2=O)C(=O)N1. The summed E-state index contributed by atoms with van der Waals surface area (Å²) in [5.74, 6) is -0.790. The molecule has 5 rings (SSSR count). The monoisotopic (exact) mass is 404 g/mol. The fourth-order valence-electron chi connectivity index (χ4n) is 4.60. The molecule has 3 amide bonds. The lowest BCUT2D eigenvalue weighted by Gasteiger charge is -2.29. The maximum atomic E-state index is 12.9. The van der Waals surface area contributed by atoms with E-state index in [9.17, 15) is 14.4 Å². The van der Waals surface area contributed by atoms with Crippen molar-refractivity contribution in [3.05, 3.63) is 64.2 Å². The molecule has 0 radical (unpaired) electrons. The molecule has 1 saturated heterocycles. The summed E-state index contributed by atoms with van der Waals surface area (Å²) in [5.41, 5.74) is 6.43. The first-order chi connectivity index (χ1) is 14.6. The maximum Gasteiger partial charge on any atom is 0.255 e. The van der Waals surface area contributed by atoms with E-state index >= 15 is 0 Å². The van der Waals surface area contributed by atoms with E-state index in [1.807, 2.05) is 18.2 Å². The van der Waals surface area contributed by atoms with Crippen LogP contribution in [0.2, 0.25) is 0 Å². The minimum Gasteiger partial charge on any atom is -0.381 e. The highest BCUT2D eigenvalue weighted by Crippen LogP contribution is 2.30. The molecule has 1 atom stereocenters. The third kappa shape index (κ3) is 3.35. The first kappa shape index (κ1) is 18.8. The first-order valence-corrected chi connectivity index (χ1v) is 10.4. The first-order valence-electron chi connectivity index (χ1n) is 10.4. The lowest BCUT2D eigenvalue weighted by Crippen LogP contribution is -2.52. The Morgan fingerprint density at radius 2 is 1.97 bits per heavy atom. The molecule has 7 nitrogen and oxygen atoms in total. The predicted octanol–water partition coefficient (Wildman–Crippen LogP) is 1.71. The quantitative estimate of drug-likeness (QED) is 0.675. The molecule has 3 aliphatic rings. The zero-order valence-electron chi connectivity index (χ0n) is 16.7. The maximum absolute atomic E-state index is 12.9. The molecule has 3 N–H and O–H groups in total. The largest absolute Gasteiger partial charge is 0.381 e. The van der Waals surface area contributed by atoms with Crippen molar-refractivity contribution in [2.24, 2.45) is 0 Å². The predicted molar refractivity (Wildman–Crippen MR) is 112 cm³/mol. The Bertz CT molecular complexity index is 1050. The number of hydrogen-bond donors (Lipinski definition) is 3. The lowest BCUT2D eigenvalue weighted by atomic mass is 10.00. The van der Waals surface area contributed by atoms with Crippen molar-refractivity contribution in [1.29, 1.82) is 0 Å². The second kappa shape index (κ2) is 7.57. The van der Waals surface area contributed by atoms with E-state index in [4.69, 9.17) is 0 Å². The van der Waals surface area contributed by atoms with Gasteiger partial charge in [-0.3, -0.25) is 19.7 Å². The number of amides is 3. The standard InChI is InChI=1S/C23H24N4O3/c28-21-7-6-20(22(29)26-21)27-13-19-15(2-1-3-18(19)23(27)30)12-25-17-5-4-14-8-9-24-11-16(14)10-17/h1-5,10,20,24-25H,6-9,11-13H2,(H,26,28,29). The van der Waals surface area contributed by atoms with Crippen molar-refractivity contribution in [1.82, 2.24) is 15.5 Å². The molecule has 3 heterocycles. The van der Waals surface area contributed by atoms with Crippen molar-refractivity contribution < 1.29 is 14.4 Å². The number of rotatable bonds is 4. The van der Waals surface area contributed by atoms with Crippen LogP contribution < -0.4 is 16.0 Å². The Kier molecular flexibility index (Phi) is 4.75. The molecule has 2 aromatic carbocycles. The highest BCUT2D eigenvalue weighted by atomic mass is 16.2. The minimum absolute atomic E-state index is 0.138. The Morgan fingerprint density at radius 1 is 1.07 bits per heavy atom. The number of nitrogens with one attached hydrogen (secondary N) is 3. The van der Waals surface area contributed by atoms with Gasteiger partial charge in [-0.15, -0.1) is 0 Å². The van der Waals surface area contributed by atoms with Gasteiger partial charge in [0, 0.05) is 37.3 Å². The van der Waals surface area contributed by atoms with Gasteiger partial charge in [0.05, 0.1) is 0 Å². The third-order valence-electron chi connectivity index (χ3n) is 6.25. The second-order valence-electron chi connectivity index (χ2n) is 8.11. The van der Waals surface area contributed by atoms with E-state index in [1.165, 1.54) is 11.1 Å². The van der Waals surface area contributed by atoms with Gasteiger partial charge in [0.15, 0.2) is 0 Å². The molecule has 3 aliphatic heterocycles. The number of fused-ring (bicyclic) bond motifs is 2. The summed E-state index contributed by atoms with van der Waals surface area (Å²) in [6.07, 6.45) is 1.69. The molecule has 0 saturated carbocycles. The van der Waals surface area contributed by atoms with Crippen molar-refractivity contribution in [3.8, 4) is 0 Å². The number of hydrogen-bond acceptors (Lipinski definition) is 5. The molecular formula is C23H24N4O3. The average molecular weight is 404 g/mol. The number of piperidine rings is 1. The van der Waals surface area contributed by atoms with Crippen LogP contribution in [0.1, 0.15) is 45.5 Å². The number of benzene rings is 2. The average Bonchev–Trinajstić information content (AvgIpc) is 3.09. The topological polar surface area (TPSA) is 90.5 Å². The summed E-state index contributed by atoms with van der Waals surface area (Å²) in [4.78, 5) is 38.2. The molecule has 154 valence electrons. The van der Waals surface area contributed by atoms with E-state index in [0.29, 0.717) is 25.1 Å². The number of carbonyl (C=O) groups excluding carboxylic acids is 3. The summed E-state index contributed by atoms with van der Waals surface area (Å²) >= 11 is 0. The summed E-state index contributed by atoms with van der Waals surface area (Å²) < 4.78 is 0. The van der Waals surface area contributed by atoms with Gasteiger partial charge in [-0.05, 0) is 59.8 Å². The van der Waals surface area contributed by atoms with Crippen LogP contribution >= 0.6 is 0 Å². The summed E-state index contributed by atoms with van der Waals surface area (Å²) in [6.45, 7) is 2.91. The fourth-order valence-corrected chi connectivity index (χ4v) is 4.60. The molecule has 0 bridgehead atoms. The van der Waals surface area contributed by atoms with Gasteiger partial charge in [0.25, 0.3) is 5.91 Å². The summed E-state index contributed by atoms with van der Waals surface area (Å²) in [5, 5.41) is 9.23. The van der Waals surface area contributed by atoms with Gasteiger partial charge in [0.1, 0.15) is 6.04 Å². The molecule has 0 aliphatic carbocycles. The van der Waals surface area contributed by atoms with Gasteiger partial charge in [-0.2, -0.15) is 0 Å². The molecule has 0 spiro atoms. The highest BCUT2D eigenvalue weighted by Gasteiger charge is 2.39. The Labute approximate surface area is 174 Å².